The fourth-order valence-electron chi connectivity index (χ4n) is 2.11. The fourth-order valence-corrected chi connectivity index (χ4v) is 2.11. The Bertz CT molecular complexity index is 581. The van der Waals surface area contributed by atoms with Crippen molar-refractivity contribution in [2.24, 2.45) is 0 Å². The van der Waals surface area contributed by atoms with Crippen LogP contribution in [0.5, 0.6) is 5.75 Å². The van der Waals surface area contributed by atoms with Crippen LogP contribution in [0.15, 0.2) is 24.3 Å². The van der Waals surface area contributed by atoms with E-state index in [2.05, 4.69) is 10.1 Å². The van der Waals surface area contributed by atoms with Crippen LogP contribution in [0.2, 0.25) is 0 Å². The molecule has 1 unspecified atom stereocenters. The van der Waals surface area contributed by atoms with Gasteiger partial charge in [-0.15, -0.1) is 0 Å². The first kappa shape index (κ1) is 19.5. The Balaban J connectivity index is 2.21. The van der Waals surface area contributed by atoms with Crippen molar-refractivity contribution in [3.05, 3.63) is 29.8 Å². The zero-order valence-corrected chi connectivity index (χ0v) is 14.2. The van der Waals surface area contributed by atoms with Gasteiger partial charge in [-0.25, -0.2) is 0 Å². The molecule has 0 aliphatic rings. The number of hydrogen-bond acceptors (Lipinski definition) is 5. The van der Waals surface area contributed by atoms with Crippen molar-refractivity contribution in [1.82, 2.24) is 5.32 Å². The molecule has 1 atom stereocenters. The van der Waals surface area contributed by atoms with E-state index in [1.54, 1.807) is 31.2 Å². The van der Waals surface area contributed by atoms with Crippen molar-refractivity contribution in [1.29, 1.82) is 5.26 Å². The largest absolute Gasteiger partial charge is 0.480 e. The molecule has 1 amide bonds. The maximum absolute atomic E-state index is 12.0. The highest BCUT2D eigenvalue weighted by Gasteiger charge is 2.15. The summed E-state index contributed by atoms with van der Waals surface area (Å²) in [7, 11) is 1.39. The van der Waals surface area contributed by atoms with Gasteiger partial charge in [-0.2, -0.15) is 5.26 Å². The Morgan fingerprint density at radius 2 is 1.92 bits per heavy atom. The SMILES string of the molecule is COC(=O)CCCCCCNC(=O)C(C)Oc1ccccc1C#N. The van der Waals surface area contributed by atoms with Gasteiger partial charge in [0.05, 0.1) is 12.7 Å². The molecule has 6 nitrogen and oxygen atoms in total. The Kier molecular flexibility index (Phi) is 8.98. The molecule has 1 rings (SSSR count). The quantitative estimate of drug-likeness (QED) is 0.525. The summed E-state index contributed by atoms with van der Waals surface area (Å²) in [5, 5.41) is 11.8. The summed E-state index contributed by atoms with van der Waals surface area (Å²) in [5.41, 5.74) is 0.405. The lowest BCUT2D eigenvalue weighted by Gasteiger charge is -2.15. The van der Waals surface area contributed by atoms with E-state index in [0.717, 1.165) is 25.7 Å². The van der Waals surface area contributed by atoms with Gasteiger partial charge in [-0.3, -0.25) is 9.59 Å². The topological polar surface area (TPSA) is 88.4 Å². The summed E-state index contributed by atoms with van der Waals surface area (Å²) in [6.07, 6.45) is 3.26. The first-order chi connectivity index (χ1) is 11.6. The molecular weight excluding hydrogens is 308 g/mol. The third kappa shape index (κ3) is 7.14. The predicted octanol–water partition coefficient (Wildman–Crippen LogP) is 2.57. The van der Waals surface area contributed by atoms with Crippen LogP contribution in [0, 0.1) is 11.3 Å². The third-order valence-electron chi connectivity index (χ3n) is 3.52. The van der Waals surface area contributed by atoms with Gasteiger partial charge in [-0.05, 0) is 31.9 Å². The van der Waals surface area contributed by atoms with E-state index in [1.165, 1.54) is 7.11 Å². The number of methoxy groups -OCH3 is 1. The minimum atomic E-state index is -0.668. The number of benzene rings is 1. The van der Waals surface area contributed by atoms with Crippen LogP contribution >= 0.6 is 0 Å². The molecule has 0 radical (unpaired) electrons. The standard InChI is InChI=1S/C18H24N2O4/c1-14(24-16-10-7-6-9-15(16)13-19)18(22)20-12-8-4-3-5-11-17(21)23-2/h6-7,9-10,14H,3-5,8,11-12H2,1-2H3,(H,20,22). The van der Waals surface area contributed by atoms with Gasteiger partial charge in [0.25, 0.3) is 5.91 Å². The zero-order chi connectivity index (χ0) is 17.8. The number of para-hydroxylation sites is 1. The third-order valence-corrected chi connectivity index (χ3v) is 3.52. The molecule has 0 aliphatic carbocycles. The Morgan fingerprint density at radius 3 is 2.62 bits per heavy atom. The zero-order valence-electron chi connectivity index (χ0n) is 14.2. The number of rotatable bonds is 10. The molecule has 0 bridgehead atoms. The second kappa shape index (κ2) is 11.1. The number of esters is 1. The number of hydrogen-bond donors (Lipinski definition) is 1. The van der Waals surface area contributed by atoms with Crippen LogP contribution in [0.25, 0.3) is 0 Å². The average molecular weight is 332 g/mol. The molecule has 0 spiro atoms. The molecule has 0 fully saturated rings. The highest BCUT2D eigenvalue weighted by atomic mass is 16.5. The van der Waals surface area contributed by atoms with Crippen molar-refractivity contribution in [2.75, 3.05) is 13.7 Å². The van der Waals surface area contributed by atoms with Gasteiger partial charge >= 0.3 is 5.97 Å². The molecule has 0 saturated carbocycles. The molecule has 130 valence electrons. The van der Waals surface area contributed by atoms with Gasteiger partial charge in [-0.1, -0.05) is 25.0 Å². The van der Waals surface area contributed by atoms with Gasteiger partial charge in [0.2, 0.25) is 0 Å². The van der Waals surface area contributed by atoms with Crippen LogP contribution in [0.4, 0.5) is 0 Å². The van der Waals surface area contributed by atoms with Gasteiger partial charge in [0.15, 0.2) is 6.10 Å². The number of carbonyl (C=O) groups excluding carboxylic acids is 2. The van der Waals surface area contributed by atoms with Crippen molar-refractivity contribution < 1.29 is 19.1 Å². The van der Waals surface area contributed by atoms with E-state index in [0.29, 0.717) is 24.3 Å². The predicted molar refractivity (Wildman–Crippen MR) is 89.4 cm³/mol. The van der Waals surface area contributed by atoms with E-state index in [4.69, 9.17) is 10.00 Å². The lowest BCUT2D eigenvalue weighted by molar-refractivity contribution is -0.140. The van der Waals surface area contributed by atoms with E-state index >= 15 is 0 Å². The first-order valence-electron chi connectivity index (χ1n) is 8.08. The van der Waals surface area contributed by atoms with Crippen LogP contribution in [0.1, 0.15) is 44.6 Å². The van der Waals surface area contributed by atoms with Gasteiger partial charge in [0.1, 0.15) is 11.8 Å². The van der Waals surface area contributed by atoms with Crippen molar-refractivity contribution in [3.63, 3.8) is 0 Å². The summed E-state index contributed by atoms with van der Waals surface area (Å²) in [4.78, 5) is 22.9. The molecular formula is C18H24N2O4. The maximum Gasteiger partial charge on any atom is 0.305 e. The number of nitrogens with zero attached hydrogens (tertiary/aromatic N) is 1. The Hall–Kier alpha value is -2.55. The normalized spacial score (nSPS) is 11.2. The number of nitriles is 1. The highest BCUT2D eigenvalue weighted by molar-refractivity contribution is 5.80. The van der Waals surface area contributed by atoms with E-state index in [1.807, 2.05) is 6.07 Å². The lowest BCUT2D eigenvalue weighted by Crippen LogP contribution is -2.36. The summed E-state index contributed by atoms with van der Waals surface area (Å²) in [6.45, 7) is 2.21. The minimum absolute atomic E-state index is 0.188. The number of carbonyl (C=O) groups is 2. The van der Waals surface area contributed by atoms with Crippen LogP contribution in [0.3, 0.4) is 0 Å². The monoisotopic (exact) mass is 332 g/mol. The van der Waals surface area contributed by atoms with E-state index < -0.39 is 6.10 Å². The molecule has 0 aliphatic heterocycles. The molecule has 6 heteroatoms. The summed E-state index contributed by atoms with van der Waals surface area (Å²) < 4.78 is 10.1. The maximum atomic E-state index is 12.0. The number of ether oxygens (including phenoxy) is 2. The van der Waals surface area contributed by atoms with Crippen LogP contribution in [-0.4, -0.2) is 31.6 Å². The molecule has 0 heterocycles. The van der Waals surface area contributed by atoms with Crippen LogP contribution in [-0.2, 0) is 14.3 Å². The number of unbranched alkanes of at least 4 members (excludes halogenated alkanes) is 3. The Labute approximate surface area is 142 Å². The summed E-state index contributed by atoms with van der Waals surface area (Å²) >= 11 is 0. The molecule has 0 aromatic heterocycles. The average Bonchev–Trinajstić information content (AvgIpc) is 2.60. The van der Waals surface area contributed by atoms with Crippen molar-refractivity contribution in [3.8, 4) is 11.8 Å². The van der Waals surface area contributed by atoms with Crippen molar-refractivity contribution in [2.45, 2.75) is 45.1 Å². The first-order valence-corrected chi connectivity index (χ1v) is 8.08. The van der Waals surface area contributed by atoms with E-state index in [-0.39, 0.29) is 11.9 Å². The molecule has 1 aromatic carbocycles. The second-order valence-corrected chi connectivity index (χ2v) is 5.40. The van der Waals surface area contributed by atoms with Gasteiger partial charge < -0.3 is 14.8 Å². The van der Waals surface area contributed by atoms with Crippen molar-refractivity contribution >= 4 is 11.9 Å². The molecule has 1 N–H and O–H groups in total. The summed E-state index contributed by atoms with van der Waals surface area (Å²) in [5.74, 6) is 0.00897. The molecule has 0 saturated heterocycles. The number of amides is 1. The van der Waals surface area contributed by atoms with E-state index in [9.17, 15) is 9.59 Å². The highest BCUT2D eigenvalue weighted by Crippen LogP contribution is 2.18. The Morgan fingerprint density at radius 1 is 1.21 bits per heavy atom. The summed E-state index contributed by atoms with van der Waals surface area (Å²) in [6, 6.07) is 8.86. The lowest BCUT2D eigenvalue weighted by atomic mass is 10.1. The fraction of sp³-hybridized carbons (Fsp3) is 0.500. The molecule has 1 aromatic rings. The minimum Gasteiger partial charge on any atom is -0.480 e. The van der Waals surface area contributed by atoms with Crippen LogP contribution < -0.4 is 10.1 Å². The smallest absolute Gasteiger partial charge is 0.305 e. The molecule has 24 heavy (non-hydrogen) atoms. The number of nitrogens with one attached hydrogen (secondary N) is 1. The second-order valence-electron chi connectivity index (χ2n) is 5.40. The van der Waals surface area contributed by atoms with Gasteiger partial charge in [0, 0.05) is 13.0 Å².